The van der Waals surface area contributed by atoms with Gasteiger partial charge in [0.05, 0.1) is 27.6 Å². The fraction of sp³-hybridized carbons (Fsp3) is 0.250. The molecule has 8 heteroatoms. The molecule has 3 heterocycles. The third-order valence-electron chi connectivity index (χ3n) is 5.15. The second kappa shape index (κ2) is 9.25. The average molecular weight is 486 g/mol. The Bertz CT molecular complexity index is 1240. The number of benzene rings is 2. The Morgan fingerprint density at radius 3 is 2.72 bits per heavy atom. The monoisotopic (exact) mass is 485 g/mol. The molecule has 0 N–H and O–H groups in total. The maximum absolute atomic E-state index is 13.2. The molecule has 2 aliphatic heterocycles. The minimum Gasteiger partial charge on any atom is -0.462 e. The maximum atomic E-state index is 13.2. The van der Waals surface area contributed by atoms with E-state index in [4.69, 9.17) is 30.8 Å². The summed E-state index contributed by atoms with van der Waals surface area (Å²) in [5.74, 6) is 3.03. The van der Waals surface area contributed by atoms with Crippen molar-refractivity contribution < 1.29 is 19.0 Å². The van der Waals surface area contributed by atoms with Crippen molar-refractivity contribution in [3.8, 4) is 22.8 Å². The van der Waals surface area contributed by atoms with Crippen molar-refractivity contribution in [2.24, 2.45) is 0 Å². The van der Waals surface area contributed by atoms with Crippen LogP contribution in [0.15, 0.2) is 46.7 Å². The van der Waals surface area contributed by atoms with Gasteiger partial charge in [0.25, 0.3) is 0 Å². The lowest BCUT2D eigenvalue weighted by atomic mass is 9.99. The smallest absolute Gasteiger partial charge is 0.340 e. The van der Waals surface area contributed by atoms with E-state index in [9.17, 15) is 4.79 Å². The number of pyridine rings is 1. The molecule has 1 aromatic heterocycles. The largest absolute Gasteiger partial charge is 0.462 e. The van der Waals surface area contributed by atoms with Gasteiger partial charge in [-0.3, -0.25) is 0 Å². The predicted octanol–water partition coefficient (Wildman–Crippen LogP) is 6.39. The second-order valence-electron chi connectivity index (χ2n) is 7.22. The van der Waals surface area contributed by atoms with Gasteiger partial charge < -0.3 is 14.2 Å². The van der Waals surface area contributed by atoms with E-state index >= 15 is 0 Å². The van der Waals surface area contributed by atoms with Crippen molar-refractivity contribution in [2.45, 2.75) is 13.3 Å². The first-order chi connectivity index (χ1) is 15.6. The number of carbonyl (C=O) groups excluding carboxylic acids is 1. The molecule has 2 aromatic carbocycles. The lowest BCUT2D eigenvalue weighted by Crippen LogP contribution is -2.10. The molecule has 0 spiro atoms. The highest BCUT2D eigenvalue weighted by molar-refractivity contribution is 8.23. The molecule has 0 unspecified atom stereocenters. The van der Waals surface area contributed by atoms with Crippen molar-refractivity contribution in [3.63, 3.8) is 0 Å². The van der Waals surface area contributed by atoms with E-state index < -0.39 is 0 Å². The molecule has 0 aliphatic carbocycles. The van der Waals surface area contributed by atoms with Gasteiger partial charge in [-0.25, -0.2) is 9.78 Å². The number of carbonyl (C=O) groups is 1. The zero-order chi connectivity index (χ0) is 22.1. The number of hydrogen-bond acceptors (Lipinski definition) is 7. The van der Waals surface area contributed by atoms with Crippen LogP contribution in [0.1, 0.15) is 18.9 Å². The minimum absolute atomic E-state index is 0.210. The Morgan fingerprint density at radius 1 is 1.09 bits per heavy atom. The van der Waals surface area contributed by atoms with Crippen LogP contribution in [0.25, 0.3) is 27.7 Å². The molecule has 3 aromatic rings. The van der Waals surface area contributed by atoms with Gasteiger partial charge in [-0.2, -0.15) is 0 Å². The molecule has 0 amide bonds. The van der Waals surface area contributed by atoms with Crippen LogP contribution in [0.3, 0.4) is 0 Å². The maximum Gasteiger partial charge on any atom is 0.340 e. The molecule has 1 saturated heterocycles. The van der Waals surface area contributed by atoms with Crippen LogP contribution in [0.5, 0.6) is 11.5 Å². The third kappa shape index (κ3) is 4.17. The van der Waals surface area contributed by atoms with Crippen molar-refractivity contribution in [1.29, 1.82) is 0 Å². The van der Waals surface area contributed by atoms with E-state index in [2.05, 4.69) is 0 Å². The third-order valence-corrected chi connectivity index (χ3v) is 8.01. The summed E-state index contributed by atoms with van der Waals surface area (Å²) in [7, 11) is 0. The lowest BCUT2D eigenvalue weighted by Gasteiger charge is -2.19. The Labute approximate surface area is 199 Å². The van der Waals surface area contributed by atoms with Gasteiger partial charge in [-0.1, -0.05) is 11.6 Å². The van der Waals surface area contributed by atoms with Gasteiger partial charge in [0.2, 0.25) is 6.79 Å². The number of thioether (sulfide) groups is 2. The van der Waals surface area contributed by atoms with Gasteiger partial charge in [0.1, 0.15) is 0 Å². The van der Waals surface area contributed by atoms with Gasteiger partial charge >= 0.3 is 5.97 Å². The summed E-state index contributed by atoms with van der Waals surface area (Å²) >= 11 is 9.75. The Balaban J connectivity index is 1.74. The molecule has 2 aliphatic rings. The van der Waals surface area contributed by atoms with Crippen molar-refractivity contribution in [2.75, 3.05) is 24.9 Å². The van der Waals surface area contributed by atoms with E-state index in [0.29, 0.717) is 28.7 Å². The highest BCUT2D eigenvalue weighted by atomic mass is 35.5. The fourth-order valence-electron chi connectivity index (χ4n) is 3.69. The summed E-state index contributed by atoms with van der Waals surface area (Å²) in [5, 5.41) is 1.41. The number of fused-ring (bicyclic) bond motifs is 2. The molecular weight excluding hydrogens is 466 g/mol. The quantitative estimate of drug-likeness (QED) is 0.313. The molecule has 164 valence electrons. The first kappa shape index (κ1) is 21.5. The van der Waals surface area contributed by atoms with Crippen LogP contribution in [0.4, 0.5) is 0 Å². The number of halogens is 1. The van der Waals surface area contributed by atoms with E-state index in [-0.39, 0.29) is 12.8 Å². The van der Waals surface area contributed by atoms with E-state index in [1.54, 1.807) is 23.5 Å². The van der Waals surface area contributed by atoms with Crippen molar-refractivity contribution >= 4 is 57.6 Å². The highest BCUT2D eigenvalue weighted by Gasteiger charge is 2.25. The highest BCUT2D eigenvalue weighted by Crippen LogP contribution is 2.44. The van der Waals surface area contributed by atoms with E-state index in [0.717, 1.165) is 49.9 Å². The summed E-state index contributed by atoms with van der Waals surface area (Å²) in [6.07, 6.45) is 1.11. The van der Waals surface area contributed by atoms with Gasteiger partial charge in [-0.05, 0) is 67.3 Å². The normalized spacial score (nSPS) is 15.1. The molecule has 1 fully saturated rings. The van der Waals surface area contributed by atoms with Crippen molar-refractivity contribution in [1.82, 2.24) is 4.98 Å². The second-order valence-corrected chi connectivity index (χ2v) is 10.1. The number of ether oxygens (including phenoxy) is 3. The molecule has 5 nitrogen and oxygen atoms in total. The predicted molar refractivity (Wildman–Crippen MR) is 131 cm³/mol. The van der Waals surface area contributed by atoms with E-state index in [1.807, 2.05) is 49.4 Å². The summed E-state index contributed by atoms with van der Waals surface area (Å²) in [4.78, 5) is 18.0. The standard InChI is InChI=1S/C24H20ClNO4S2/c1-2-28-23(27)22(24-31-8-3-9-32-24)17-12-19(26-18-6-5-15(25)11-16(17)18)14-4-7-20-21(10-14)30-13-29-20/h4-7,10-12H,2-3,8-9,13H2,1H3. The number of rotatable bonds is 4. The molecule has 0 bridgehead atoms. The first-order valence-electron chi connectivity index (χ1n) is 10.3. The van der Waals surface area contributed by atoms with Crippen LogP contribution >= 0.6 is 35.1 Å². The minimum atomic E-state index is -0.325. The average Bonchev–Trinajstić information content (AvgIpc) is 3.28. The van der Waals surface area contributed by atoms with Gasteiger partial charge in [0.15, 0.2) is 11.5 Å². The zero-order valence-corrected chi connectivity index (χ0v) is 19.7. The van der Waals surface area contributed by atoms with Crippen LogP contribution in [-0.4, -0.2) is 35.9 Å². The van der Waals surface area contributed by atoms with Gasteiger partial charge in [0, 0.05) is 21.5 Å². The molecule has 5 rings (SSSR count). The first-order valence-corrected chi connectivity index (χ1v) is 12.7. The molecule has 0 radical (unpaired) electrons. The summed E-state index contributed by atoms with van der Waals surface area (Å²) in [6, 6.07) is 13.2. The molecule has 32 heavy (non-hydrogen) atoms. The number of esters is 1. The summed E-state index contributed by atoms with van der Waals surface area (Å²) in [5.41, 5.74) is 3.73. The number of hydrogen-bond donors (Lipinski definition) is 0. The summed E-state index contributed by atoms with van der Waals surface area (Å²) in [6.45, 7) is 2.34. The van der Waals surface area contributed by atoms with Gasteiger partial charge in [-0.15, -0.1) is 23.5 Å². The summed E-state index contributed by atoms with van der Waals surface area (Å²) < 4.78 is 17.5. The van der Waals surface area contributed by atoms with Crippen LogP contribution in [0, 0.1) is 0 Å². The SMILES string of the molecule is CCOC(=O)C(=C1SCCCS1)c1cc(-c2ccc3c(c2)OCO3)nc2ccc(Cl)cc12. The Kier molecular flexibility index (Phi) is 6.22. The number of nitrogens with zero attached hydrogens (tertiary/aromatic N) is 1. The molecular formula is C24H20ClNO4S2. The van der Waals surface area contributed by atoms with Crippen LogP contribution in [-0.2, 0) is 9.53 Å². The molecule has 0 atom stereocenters. The Hall–Kier alpha value is -2.35. The number of aromatic nitrogens is 1. The molecule has 0 saturated carbocycles. The van der Waals surface area contributed by atoms with E-state index in [1.165, 1.54) is 0 Å². The fourth-order valence-corrected chi connectivity index (χ4v) is 6.50. The van der Waals surface area contributed by atoms with Crippen LogP contribution in [0.2, 0.25) is 5.02 Å². The van der Waals surface area contributed by atoms with Crippen LogP contribution < -0.4 is 9.47 Å². The topological polar surface area (TPSA) is 57.7 Å². The Morgan fingerprint density at radius 2 is 1.91 bits per heavy atom. The lowest BCUT2D eigenvalue weighted by molar-refractivity contribution is -0.136. The zero-order valence-electron chi connectivity index (χ0n) is 17.4. The van der Waals surface area contributed by atoms with Crippen molar-refractivity contribution in [3.05, 3.63) is 57.3 Å².